The van der Waals surface area contributed by atoms with Gasteiger partial charge in [0.1, 0.15) is 12.1 Å². The summed E-state index contributed by atoms with van der Waals surface area (Å²) >= 11 is 0. The summed E-state index contributed by atoms with van der Waals surface area (Å²) in [5, 5.41) is 25.1. The molecule has 4 aromatic heterocycles. The number of benzene rings is 1. The van der Waals surface area contributed by atoms with Gasteiger partial charge in [-0.05, 0) is 97.7 Å². The van der Waals surface area contributed by atoms with Crippen molar-refractivity contribution in [1.29, 1.82) is 5.26 Å². The highest BCUT2D eigenvalue weighted by molar-refractivity contribution is 5.83. The summed E-state index contributed by atoms with van der Waals surface area (Å²) in [4.78, 5) is 11.4. The third kappa shape index (κ3) is 6.85. The summed E-state index contributed by atoms with van der Waals surface area (Å²) in [5.41, 5.74) is -0.883. The van der Waals surface area contributed by atoms with Gasteiger partial charge in [0, 0.05) is 37.5 Å². The van der Waals surface area contributed by atoms with Gasteiger partial charge in [-0.15, -0.1) is 10.2 Å². The summed E-state index contributed by atoms with van der Waals surface area (Å²) in [5.74, 6) is 0.695. The summed E-state index contributed by atoms with van der Waals surface area (Å²) in [6.45, 7) is 2.20. The van der Waals surface area contributed by atoms with Crippen LogP contribution in [-0.2, 0) is 25.9 Å². The Morgan fingerprint density at radius 2 is 1.72 bits per heavy atom. The summed E-state index contributed by atoms with van der Waals surface area (Å²) in [7, 11) is 1.67. The number of nitriles is 1. The van der Waals surface area contributed by atoms with Crippen LogP contribution in [0.2, 0.25) is 0 Å². The van der Waals surface area contributed by atoms with Crippen LogP contribution in [0.5, 0.6) is 0 Å². The van der Waals surface area contributed by atoms with Crippen LogP contribution in [0.15, 0.2) is 61.2 Å². The van der Waals surface area contributed by atoms with E-state index in [1.807, 2.05) is 0 Å². The molecule has 1 aromatic carbocycles. The molecule has 53 heavy (non-hydrogen) atoms. The zero-order valence-corrected chi connectivity index (χ0v) is 28.6. The predicted octanol–water partition coefficient (Wildman–Crippen LogP) is 8.06. The van der Waals surface area contributed by atoms with Crippen molar-refractivity contribution in [1.82, 2.24) is 39.4 Å². The van der Waals surface area contributed by atoms with Gasteiger partial charge >= 0.3 is 12.4 Å². The molecule has 1 N–H and O–H groups in total. The topological polar surface area (TPSA) is 113 Å². The van der Waals surface area contributed by atoms with Crippen LogP contribution >= 0.6 is 0 Å². The lowest BCUT2D eigenvalue weighted by Gasteiger charge is -2.38. The van der Waals surface area contributed by atoms with E-state index in [0.717, 1.165) is 37.7 Å². The SMILES string of the molecule is Cn1cnnc1-c1ccc(C(F)(F)F)cc1-c1cc(NC2(CC#N)CC2)nc(-n2cc(-c3nc(CN4CCC5(CCC5)C4)ccc3C(F)(F)F)cn2)c1. The highest BCUT2D eigenvalue weighted by atomic mass is 19.4. The first kappa shape index (κ1) is 34.8. The lowest BCUT2D eigenvalue weighted by atomic mass is 9.68. The van der Waals surface area contributed by atoms with Crippen LogP contribution in [0.25, 0.3) is 39.6 Å². The zero-order chi connectivity index (χ0) is 37.2. The minimum absolute atomic E-state index is 0.0970. The van der Waals surface area contributed by atoms with Gasteiger partial charge in [-0.1, -0.05) is 6.42 Å². The maximum atomic E-state index is 14.4. The molecule has 2 saturated carbocycles. The highest BCUT2D eigenvalue weighted by Gasteiger charge is 2.44. The van der Waals surface area contributed by atoms with Crippen LogP contribution in [0.3, 0.4) is 0 Å². The van der Waals surface area contributed by atoms with Crippen molar-refractivity contribution in [3.05, 3.63) is 78.0 Å². The van der Waals surface area contributed by atoms with Crippen LogP contribution in [0.4, 0.5) is 32.2 Å². The molecular weight excluding hydrogens is 698 g/mol. The van der Waals surface area contributed by atoms with E-state index in [9.17, 15) is 31.6 Å². The van der Waals surface area contributed by atoms with E-state index in [2.05, 4.69) is 41.5 Å². The van der Waals surface area contributed by atoms with E-state index in [0.29, 0.717) is 47.4 Å². The molecule has 0 radical (unpaired) electrons. The quantitative estimate of drug-likeness (QED) is 0.152. The molecule has 5 heterocycles. The van der Waals surface area contributed by atoms with Gasteiger partial charge in [0.15, 0.2) is 11.6 Å². The number of nitrogens with zero attached hydrogens (tertiary/aromatic N) is 9. The third-order valence-electron chi connectivity index (χ3n) is 10.8. The summed E-state index contributed by atoms with van der Waals surface area (Å²) in [6.07, 6.45) is 0.916. The lowest BCUT2D eigenvalue weighted by Crippen LogP contribution is -2.33. The van der Waals surface area contributed by atoms with Gasteiger partial charge in [-0.3, -0.25) is 9.88 Å². The van der Waals surface area contributed by atoms with E-state index in [4.69, 9.17) is 0 Å². The first-order chi connectivity index (χ1) is 25.2. The van der Waals surface area contributed by atoms with Crippen LogP contribution in [-0.4, -0.2) is 58.0 Å². The molecule has 3 fully saturated rings. The minimum Gasteiger partial charge on any atom is -0.364 e. The molecular formula is C37H34F6N10. The molecule has 3 aliphatic rings. The smallest absolute Gasteiger partial charge is 0.364 e. The summed E-state index contributed by atoms with van der Waals surface area (Å²) < 4.78 is 88.1. The Hall–Kier alpha value is -5.30. The maximum Gasteiger partial charge on any atom is 0.418 e. The summed E-state index contributed by atoms with van der Waals surface area (Å²) in [6, 6.07) is 11.0. The molecule has 1 spiro atoms. The molecule has 274 valence electrons. The lowest BCUT2D eigenvalue weighted by molar-refractivity contribution is -0.138. The maximum absolute atomic E-state index is 14.4. The predicted molar refractivity (Wildman–Crippen MR) is 182 cm³/mol. The Kier molecular flexibility index (Phi) is 8.32. The van der Waals surface area contributed by atoms with Gasteiger partial charge in [0.2, 0.25) is 0 Å². The molecule has 5 aromatic rings. The van der Waals surface area contributed by atoms with Crippen molar-refractivity contribution in [3.63, 3.8) is 0 Å². The van der Waals surface area contributed by atoms with Crippen molar-refractivity contribution in [2.45, 2.75) is 69.4 Å². The standard InChI is InChI=1S/C37H34F6N10/c1-51-22-45-50-33(51)27-5-3-25(36(38,39)40)17-28(27)23-15-30(49-35(9-10-35)11-13-44)48-31(16-23)53-19-24(18-46-53)32-29(37(41,42)43)6-4-26(47-32)20-52-14-12-34(21-52)7-2-8-34/h3-6,15-19,22H,2,7-12,14,20-21H2,1H3,(H,48,49). The van der Waals surface area contributed by atoms with Crippen molar-refractivity contribution in [2.75, 3.05) is 18.4 Å². The number of alkyl halides is 6. The monoisotopic (exact) mass is 732 g/mol. The van der Waals surface area contributed by atoms with Gasteiger partial charge in [0.05, 0.1) is 46.7 Å². The molecule has 0 amide bonds. The number of hydrogen-bond acceptors (Lipinski definition) is 8. The van der Waals surface area contributed by atoms with Crippen molar-refractivity contribution in [3.8, 4) is 45.7 Å². The van der Waals surface area contributed by atoms with Gasteiger partial charge < -0.3 is 9.88 Å². The van der Waals surface area contributed by atoms with Crippen molar-refractivity contribution < 1.29 is 26.3 Å². The molecule has 1 aliphatic heterocycles. The number of anilines is 1. The number of aromatic nitrogens is 7. The van der Waals surface area contributed by atoms with E-state index >= 15 is 0 Å². The molecule has 10 nitrogen and oxygen atoms in total. The van der Waals surface area contributed by atoms with Gasteiger partial charge in [-0.2, -0.15) is 36.7 Å². The van der Waals surface area contributed by atoms with Gasteiger partial charge in [0.25, 0.3) is 0 Å². The second-order valence-corrected chi connectivity index (χ2v) is 14.5. The molecule has 1 saturated heterocycles. The van der Waals surface area contributed by atoms with E-state index in [1.165, 1.54) is 60.9 Å². The number of hydrogen-bond donors (Lipinski definition) is 1. The number of halogens is 6. The Bertz CT molecular complexity index is 2220. The van der Waals surface area contributed by atoms with Crippen molar-refractivity contribution in [2.24, 2.45) is 12.5 Å². The van der Waals surface area contributed by atoms with E-state index in [1.54, 1.807) is 17.7 Å². The van der Waals surface area contributed by atoms with Gasteiger partial charge in [-0.25, -0.2) is 9.67 Å². The second kappa shape index (κ2) is 12.7. The fourth-order valence-electron chi connectivity index (χ4n) is 7.54. The minimum atomic E-state index is -4.69. The second-order valence-electron chi connectivity index (χ2n) is 14.5. The number of rotatable bonds is 9. The highest BCUT2D eigenvalue weighted by Crippen LogP contribution is 2.48. The molecule has 0 unspecified atom stereocenters. The molecule has 2 aliphatic carbocycles. The Balaban J connectivity index is 1.21. The molecule has 8 rings (SSSR count). The first-order valence-electron chi connectivity index (χ1n) is 17.3. The van der Waals surface area contributed by atoms with Crippen LogP contribution in [0, 0.1) is 16.7 Å². The molecule has 16 heteroatoms. The molecule has 0 atom stereocenters. The van der Waals surface area contributed by atoms with Crippen molar-refractivity contribution >= 4 is 5.82 Å². The normalized spacial score (nSPS) is 17.8. The molecule has 0 bridgehead atoms. The number of aryl methyl sites for hydroxylation is 1. The van der Waals surface area contributed by atoms with E-state index < -0.39 is 29.0 Å². The number of pyridine rings is 2. The first-order valence-corrected chi connectivity index (χ1v) is 17.3. The fourth-order valence-corrected chi connectivity index (χ4v) is 7.54. The zero-order valence-electron chi connectivity index (χ0n) is 28.6. The Morgan fingerprint density at radius 3 is 2.36 bits per heavy atom. The van der Waals surface area contributed by atoms with Crippen LogP contribution < -0.4 is 5.32 Å². The third-order valence-corrected chi connectivity index (χ3v) is 10.8. The number of likely N-dealkylation sites (tertiary alicyclic amines) is 1. The average molecular weight is 733 g/mol. The largest absolute Gasteiger partial charge is 0.418 e. The van der Waals surface area contributed by atoms with Crippen LogP contribution in [0.1, 0.15) is 61.8 Å². The Labute approximate surface area is 300 Å². The Morgan fingerprint density at radius 1 is 0.906 bits per heavy atom. The van der Waals surface area contributed by atoms with E-state index in [-0.39, 0.29) is 34.9 Å². The average Bonchev–Trinajstić information content (AvgIpc) is 3.45. The fraction of sp³-hybridized carbons (Fsp3) is 0.405. The number of nitrogens with one attached hydrogen (secondary N) is 1.